The van der Waals surface area contributed by atoms with Gasteiger partial charge in [0.1, 0.15) is 5.75 Å². The number of carbonyl (C=O) groups is 1. The molecular formula is C19H21NO2. The van der Waals surface area contributed by atoms with Gasteiger partial charge >= 0.3 is 0 Å². The highest BCUT2D eigenvalue weighted by molar-refractivity contribution is 5.96. The van der Waals surface area contributed by atoms with E-state index in [4.69, 9.17) is 4.74 Å². The van der Waals surface area contributed by atoms with Crippen LogP contribution in [0.3, 0.4) is 0 Å². The van der Waals surface area contributed by atoms with Gasteiger partial charge in [-0.05, 0) is 49.4 Å². The first-order valence-corrected chi connectivity index (χ1v) is 7.74. The van der Waals surface area contributed by atoms with Gasteiger partial charge in [-0.25, -0.2) is 0 Å². The highest BCUT2D eigenvalue weighted by Crippen LogP contribution is 2.30. The van der Waals surface area contributed by atoms with Crippen LogP contribution >= 0.6 is 0 Å². The van der Waals surface area contributed by atoms with Crippen LogP contribution in [-0.2, 0) is 11.2 Å². The number of nitrogens with zero attached hydrogens (tertiary/aromatic N) is 1. The third-order valence-electron chi connectivity index (χ3n) is 4.16. The van der Waals surface area contributed by atoms with Crippen LogP contribution in [0.4, 0.5) is 5.69 Å². The second kappa shape index (κ2) is 6.22. The first kappa shape index (κ1) is 14.6. The largest absolute Gasteiger partial charge is 0.483 e. The normalized spacial score (nSPS) is 13.6. The fourth-order valence-electron chi connectivity index (χ4n) is 3.03. The van der Waals surface area contributed by atoms with Gasteiger partial charge in [-0.1, -0.05) is 36.4 Å². The molecule has 0 aliphatic carbocycles. The first-order chi connectivity index (χ1) is 10.7. The minimum absolute atomic E-state index is 0.0264. The van der Waals surface area contributed by atoms with E-state index in [-0.39, 0.29) is 12.5 Å². The molecule has 0 N–H and O–H groups in total. The zero-order chi connectivity index (χ0) is 15.5. The molecule has 0 atom stereocenters. The molecule has 1 aliphatic heterocycles. The van der Waals surface area contributed by atoms with E-state index >= 15 is 0 Å². The highest BCUT2D eigenvalue weighted by atomic mass is 16.5. The highest BCUT2D eigenvalue weighted by Gasteiger charge is 2.24. The van der Waals surface area contributed by atoms with Crippen LogP contribution < -0.4 is 9.64 Å². The fraction of sp³-hybridized carbons (Fsp3) is 0.316. The number of fused-ring (bicyclic) bond motifs is 1. The van der Waals surface area contributed by atoms with E-state index in [9.17, 15) is 4.79 Å². The van der Waals surface area contributed by atoms with Crippen molar-refractivity contribution in [2.24, 2.45) is 0 Å². The number of hydrogen-bond acceptors (Lipinski definition) is 2. The Morgan fingerprint density at radius 2 is 1.86 bits per heavy atom. The lowest BCUT2D eigenvalue weighted by Crippen LogP contribution is -2.39. The number of hydrogen-bond donors (Lipinski definition) is 0. The summed E-state index contributed by atoms with van der Waals surface area (Å²) in [6.07, 6.45) is 2.05. The van der Waals surface area contributed by atoms with Crippen molar-refractivity contribution in [3.05, 3.63) is 59.2 Å². The molecule has 114 valence electrons. The summed E-state index contributed by atoms with van der Waals surface area (Å²) in [5.41, 5.74) is 4.54. The number of aryl methyl sites for hydroxylation is 3. The third kappa shape index (κ3) is 2.84. The van der Waals surface area contributed by atoms with Crippen LogP contribution in [0.5, 0.6) is 5.75 Å². The summed E-state index contributed by atoms with van der Waals surface area (Å²) in [6, 6.07) is 14.0. The van der Waals surface area contributed by atoms with E-state index < -0.39 is 0 Å². The lowest BCUT2D eigenvalue weighted by molar-refractivity contribution is -0.120. The number of rotatable bonds is 3. The molecule has 0 saturated carbocycles. The van der Waals surface area contributed by atoms with E-state index in [1.165, 1.54) is 5.56 Å². The number of para-hydroxylation sites is 2. The molecule has 1 aliphatic rings. The van der Waals surface area contributed by atoms with Crippen molar-refractivity contribution in [3.63, 3.8) is 0 Å². The summed E-state index contributed by atoms with van der Waals surface area (Å²) in [5, 5.41) is 0. The molecule has 0 fully saturated rings. The van der Waals surface area contributed by atoms with Crippen molar-refractivity contribution >= 4 is 11.6 Å². The molecular weight excluding hydrogens is 274 g/mol. The predicted molar refractivity (Wildman–Crippen MR) is 88.5 cm³/mol. The minimum Gasteiger partial charge on any atom is -0.483 e. The molecule has 3 nitrogen and oxygen atoms in total. The molecule has 2 aromatic carbocycles. The first-order valence-electron chi connectivity index (χ1n) is 7.74. The van der Waals surface area contributed by atoms with Crippen molar-refractivity contribution in [2.75, 3.05) is 18.1 Å². The van der Waals surface area contributed by atoms with E-state index in [0.29, 0.717) is 0 Å². The Hall–Kier alpha value is -2.29. The molecule has 22 heavy (non-hydrogen) atoms. The Labute approximate surface area is 131 Å². The number of benzene rings is 2. The Morgan fingerprint density at radius 1 is 1.09 bits per heavy atom. The molecule has 1 heterocycles. The maximum Gasteiger partial charge on any atom is 0.264 e. The monoisotopic (exact) mass is 295 g/mol. The van der Waals surface area contributed by atoms with Gasteiger partial charge in [-0.2, -0.15) is 0 Å². The third-order valence-corrected chi connectivity index (χ3v) is 4.16. The second-order valence-corrected chi connectivity index (χ2v) is 5.79. The summed E-state index contributed by atoms with van der Waals surface area (Å²) in [5.74, 6) is 0.802. The number of ether oxygens (including phenoxy) is 1. The van der Waals surface area contributed by atoms with Crippen LogP contribution in [0.25, 0.3) is 0 Å². The van der Waals surface area contributed by atoms with E-state index in [2.05, 4.69) is 25.1 Å². The van der Waals surface area contributed by atoms with Crippen molar-refractivity contribution in [1.82, 2.24) is 0 Å². The second-order valence-electron chi connectivity index (χ2n) is 5.79. The van der Waals surface area contributed by atoms with Crippen LogP contribution in [0.1, 0.15) is 23.1 Å². The number of amides is 1. The predicted octanol–water partition coefficient (Wildman–Crippen LogP) is 3.66. The molecule has 0 unspecified atom stereocenters. The van der Waals surface area contributed by atoms with Crippen LogP contribution in [0, 0.1) is 13.8 Å². The van der Waals surface area contributed by atoms with Crippen LogP contribution in [0.15, 0.2) is 42.5 Å². The van der Waals surface area contributed by atoms with Crippen LogP contribution in [0.2, 0.25) is 0 Å². The van der Waals surface area contributed by atoms with E-state index in [1.807, 2.05) is 36.1 Å². The Bertz CT molecular complexity index is 694. The smallest absolute Gasteiger partial charge is 0.264 e. The van der Waals surface area contributed by atoms with E-state index in [1.54, 1.807) is 0 Å². The molecule has 3 rings (SSSR count). The maximum absolute atomic E-state index is 12.6. The lowest BCUT2D eigenvalue weighted by atomic mass is 9.98. The average Bonchev–Trinajstić information content (AvgIpc) is 2.53. The van der Waals surface area contributed by atoms with Gasteiger partial charge in [0.15, 0.2) is 6.61 Å². The standard InChI is InChI=1S/C19H21NO2/c1-14-7-3-4-11-17(14)22-13-18(21)20-12-6-10-16-9-5-8-15(2)19(16)20/h3-5,7-9,11H,6,10,12-13H2,1-2H3. The topological polar surface area (TPSA) is 29.5 Å². The molecule has 0 radical (unpaired) electrons. The lowest BCUT2D eigenvalue weighted by Gasteiger charge is -2.31. The fourth-order valence-corrected chi connectivity index (χ4v) is 3.03. The van der Waals surface area contributed by atoms with Gasteiger partial charge in [-0.3, -0.25) is 4.79 Å². The number of carbonyl (C=O) groups excluding carboxylic acids is 1. The van der Waals surface area contributed by atoms with Gasteiger partial charge in [0, 0.05) is 12.2 Å². The van der Waals surface area contributed by atoms with Gasteiger partial charge in [0.25, 0.3) is 5.91 Å². The van der Waals surface area contributed by atoms with Crippen molar-refractivity contribution < 1.29 is 9.53 Å². The van der Waals surface area contributed by atoms with Gasteiger partial charge in [-0.15, -0.1) is 0 Å². The van der Waals surface area contributed by atoms with Gasteiger partial charge in [0.2, 0.25) is 0 Å². The van der Waals surface area contributed by atoms with Gasteiger partial charge < -0.3 is 9.64 Å². The van der Waals surface area contributed by atoms with Crippen LogP contribution in [-0.4, -0.2) is 19.1 Å². The molecule has 3 heteroatoms. The Balaban J connectivity index is 1.76. The maximum atomic E-state index is 12.6. The Kier molecular flexibility index (Phi) is 4.14. The summed E-state index contributed by atoms with van der Waals surface area (Å²) < 4.78 is 5.72. The quantitative estimate of drug-likeness (QED) is 0.865. The van der Waals surface area contributed by atoms with Crippen molar-refractivity contribution in [1.29, 1.82) is 0 Å². The van der Waals surface area contributed by atoms with Crippen molar-refractivity contribution in [2.45, 2.75) is 26.7 Å². The zero-order valence-electron chi connectivity index (χ0n) is 13.1. The zero-order valence-corrected chi connectivity index (χ0v) is 13.1. The van der Waals surface area contributed by atoms with E-state index in [0.717, 1.165) is 42.0 Å². The molecule has 0 aromatic heterocycles. The molecule has 0 spiro atoms. The molecule has 2 aromatic rings. The summed E-state index contributed by atoms with van der Waals surface area (Å²) >= 11 is 0. The summed E-state index contributed by atoms with van der Waals surface area (Å²) in [7, 11) is 0. The molecule has 0 saturated heterocycles. The molecule has 1 amide bonds. The average molecular weight is 295 g/mol. The summed E-state index contributed by atoms with van der Waals surface area (Å²) in [4.78, 5) is 14.5. The Morgan fingerprint density at radius 3 is 2.68 bits per heavy atom. The minimum atomic E-state index is 0.0264. The molecule has 0 bridgehead atoms. The number of anilines is 1. The van der Waals surface area contributed by atoms with Gasteiger partial charge in [0.05, 0.1) is 0 Å². The van der Waals surface area contributed by atoms with Crippen molar-refractivity contribution in [3.8, 4) is 5.75 Å². The SMILES string of the molecule is Cc1ccccc1OCC(=O)N1CCCc2cccc(C)c21. The summed E-state index contributed by atoms with van der Waals surface area (Å²) in [6.45, 7) is 4.90.